The van der Waals surface area contributed by atoms with Gasteiger partial charge in [0, 0.05) is 12.1 Å². The molecule has 1 saturated heterocycles. The Bertz CT molecular complexity index is 432. The third-order valence-electron chi connectivity index (χ3n) is 6.79. The van der Waals surface area contributed by atoms with Crippen molar-refractivity contribution in [2.45, 2.75) is 77.3 Å². The Morgan fingerprint density at radius 3 is 2.48 bits per heavy atom. The molecule has 21 heavy (non-hydrogen) atoms. The van der Waals surface area contributed by atoms with E-state index in [2.05, 4.69) is 24.5 Å². The Morgan fingerprint density at radius 2 is 1.86 bits per heavy atom. The van der Waals surface area contributed by atoms with Gasteiger partial charge in [0.15, 0.2) is 0 Å². The molecule has 4 bridgehead atoms. The molecule has 3 heteroatoms. The van der Waals surface area contributed by atoms with Crippen LogP contribution in [0.25, 0.3) is 0 Å². The summed E-state index contributed by atoms with van der Waals surface area (Å²) in [6, 6.07) is 0.937. The molecule has 3 nitrogen and oxygen atoms in total. The van der Waals surface area contributed by atoms with Gasteiger partial charge in [0.1, 0.15) is 0 Å². The second-order valence-corrected chi connectivity index (χ2v) is 9.10. The molecule has 0 aromatic heterocycles. The van der Waals surface area contributed by atoms with Crippen molar-refractivity contribution in [1.82, 2.24) is 10.6 Å². The maximum Gasteiger partial charge on any atom is 0.226 e. The minimum atomic E-state index is -0.00700. The summed E-state index contributed by atoms with van der Waals surface area (Å²) < 4.78 is 0. The largest absolute Gasteiger partial charge is 0.353 e. The van der Waals surface area contributed by atoms with Crippen LogP contribution >= 0.6 is 0 Å². The predicted molar refractivity (Wildman–Crippen MR) is 83.9 cm³/mol. The minimum absolute atomic E-state index is 0.00700. The molecule has 5 fully saturated rings. The van der Waals surface area contributed by atoms with Crippen LogP contribution in [0.1, 0.15) is 65.2 Å². The second-order valence-electron chi connectivity index (χ2n) is 9.10. The third kappa shape index (κ3) is 2.42. The number of rotatable bonds is 2. The third-order valence-corrected chi connectivity index (χ3v) is 6.79. The molecule has 118 valence electrons. The summed E-state index contributed by atoms with van der Waals surface area (Å²) >= 11 is 0. The van der Waals surface area contributed by atoms with Crippen molar-refractivity contribution in [1.29, 1.82) is 0 Å². The number of hydrogen-bond donors (Lipinski definition) is 2. The lowest BCUT2D eigenvalue weighted by molar-refractivity contribution is -0.156. The van der Waals surface area contributed by atoms with E-state index in [1.807, 2.05) is 0 Å². The van der Waals surface area contributed by atoms with E-state index in [0.29, 0.717) is 23.4 Å². The fraction of sp³-hybridized carbons (Fsp3) is 0.944. The molecule has 5 aliphatic rings. The zero-order valence-electron chi connectivity index (χ0n) is 13.6. The zero-order valence-corrected chi connectivity index (χ0v) is 13.6. The topological polar surface area (TPSA) is 41.1 Å². The first-order chi connectivity index (χ1) is 9.96. The van der Waals surface area contributed by atoms with Crippen LogP contribution < -0.4 is 10.6 Å². The van der Waals surface area contributed by atoms with Gasteiger partial charge in [-0.2, -0.15) is 0 Å². The summed E-state index contributed by atoms with van der Waals surface area (Å²) in [4.78, 5) is 13.1. The fourth-order valence-corrected chi connectivity index (χ4v) is 6.59. The van der Waals surface area contributed by atoms with Gasteiger partial charge < -0.3 is 10.6 Å². The number of hydrogen-bond acceptors (Lipinski definition) is 2. The molecule has 0 spiro atoms. The smallest absolute Gasteiger partial charge is 0.226 e. The van der Waals surface area contributed by atoms with E-state index in [1.54, 1.807) is 0 Å². The molecule has 2 N–H and O–H groups in total. The SMILES string of the molecule is CC1CC(NC(=O)C23CC4CC(CC(C)(C4)C2)C3)CCN1. The van der Waals surface area contributed by atoms with Crippen molar-refractivity contribution in [3.05, 3.63) is 0 Å². The first-order valence-corrected chi connectivity index (χ1v) is 9.01. The van der Waals surface area contributed by atoms with Crippen LogP contribution in [0.3, 0.4) is 0 Å². The number of amides is 1. The van der Waals surface area contributed by atoms with E-state index >= 15 is 0 Å². The maximum absolute atomic E-state index is 13.1. The Kier molecular flexibility index (Phi) is 3.15. The van der Waals surface area contributed by atoms with Crippen LogP contribution in [0.15, 0.2) is 0 Å². The molecule has 5 rings (SSSR count). The minimum Gasteiger partial charge on any atom is -0.353 e. The first kappa shape index (κ1) is 14.0. The molecule has 0 aromatic rings. The van der Waals surface area contributed by atoms with Gasteiger partial charge in [-0.05, 0) is 82.1 Å². The summed E-state index contributed by atoms with van der Waals surface area (Å²) in [6.45, 7) is 5.71. The van der Waals surface area contributed by atoms with Gasteiger partial charge in [0.25, 0.3) is 0 Å². The Labute approximate surface area is 128 Å². The lowest BCUT2D eigenvalue weighted by Gasteiger charge is -2.60. The van der Waals surface area contributed by atoms with Crippen molar-refractivity contribution in [2.75, 3.05) is 6.54 Å². The van der Waals surface area contributed by atoms with Gasteiger partial charge >= 0.3 is 0 Å². The molecule has 0 aromatic carbocycles. The van der Waals surface area contributed by atoms with Crippen LogP contribution in [-0.4, -0.2) is 24.5 Å². The van der Waals surface area contributed by atoms with Crippen molar-refractivity contribution in [3.63, 3.8) is 0 Å². The number of piperidine rings is 1. The quantitative estimate of drug-likeness (QED) is 0.821. The van der Waals surface area contributed by atoms with Crippen molar-refractivity contribution in [3.8, 4) is 0 Å². The van der Waals surface area contributed by atoms with Gasteiger partial charge in [0.2, 0.25) is 5.91 Å². The lowest BCUT2D eigenvalue weighted by Crippen LogP contribution is -2.59. The van der Waals surface area contributed by atoms with Crippen LogP contribution in [0.5, 0.6) is 0 Å². The van der Waals surface area contributed by atoms with E-state index < -0.39 is 0 Å². The van der Waals surface area contributed by atoms with Gasteiger partial charge in [-0.25, -0.2) is 0 Å². The molecule has 1 aliphatic heterocycles. The van der Waals surface area contributed by atoms with Crippen LogP contribution in [0.2, 0.25) is 0 Å². The zero-order chi connectivity index (χ0) is 14.7. The van der Waals surface area contributed by atoms with Gasteiger partial charge in [-0.3, -0.25) is 4.79 Å². The highest BCUT2D eigenvalue weighted by molar-refractivity contribution is 5.83. The predicted octanol–water partition coefficient (Wildman–Crippen LogP) is 2.85. The summed E-state index contributed by atoms with van der Waals surface area (Å²) in [6.07, 6.45) is 9.83. The molecule has 4 aliphatic carbocycles. The fourth-order valence-electron chi connectivity index (χ4n) is 6.59. The van der Waals surface area contributed by atoms with Crippen molar-refractivity contribution >= 4 is 5.91 Å². The number of carbonyl (C=O) groups excluding carboxylic acids is 1. The molecule has 1 amide bonds. The van der Waals surface area contributed by atoms with E-state index in [9.17, 15) is 4.79 Å². The summed E-state index contributed by atoms with van der Waals surface area (Å²) in [7, 11) is 0. The molecule has 4 unspecified atom stereocenters. The van der Waals surface area contributed by atoms with E-state index in [1.165, 1.54) is 32.1 Å². The second kappa shape index (κ2) is 4.71. The van der Waals surface area contributed by atoms with E-state index in [0.717, 1.165) is 37.6 Å². The number of nitrogens with one attached hydrogen (secondary N) is 2. The normalized spacial score (nSPS) is 51.9. The Hall–Kier alpha value is -0.570. The van der Waals surface area contributed by atoms with Gasteiger partial charge in [-0.15, -0.1) is 0 Å². The van der Waals surface area contributed by atoms with Crippen molar-refractivity contribution < 1.29 is 4.79 Å². The van der Waals surface area contributed by atoms with E-state index in [4.69, 9.17) is 0 Å². The van der Waals surface area contributed by atoms with Crippen LogP contribution in [0.4, 0.5) is 0 Å². The maximum atomic E-state index is 13.1. The van der Waals surface area contributed by atoms with Gasteiger partial charge in [0.05, 0.1) is 5.41 Å². The molecule has 4 saturated carbocycles. The van der Waals surface area contributed by atoms with Gasteiger partial charge in [-0.1, -0.05) is 6.92 Å². The molecular weight excluding hydrogens is 260 g/mol. The average Bonchev–Trinajstić information content (AvgIpc) is 2.35. The molecule has 4 atom stereocenters. The van der Waals surface area contributed by atoms with Crippen LogP contribution in [-0.2, 0) is 4.79 Å². The Balaban J connectivity index is 1.49. The highest BCUT2D eigenvalue weighted by atomic mass is 16.2. The average molecular weight is 290 g/mol. The molecule has 0 radical (unpaired) electrons. The standard InChI is InChI=1S/C18H30N2O/c1-12-5-15(3-4-19-12)20-16(21)18-9-13-6-14(10-18)8-17(2,7-13)11-18/h12-15,19H,3-11H2,1-2H3,(H,20,21). The summed E-state index contributed by atoms with van der Waals surface area (Å²) in [5.74, 6) is 2.06. The summed E-state index contributed by atoms with van der Waals surface area (Å²) in [5, 5.41) is 6.92. The first-order valence-electron chi connectivity index (χ1n) is 9.01. The molecular formula is C18H30N2O. The highest BCUT2D eigenvalue weighted by Gasteiger charge is 2.58. The van der Waals surface area contributed by atoms with E-state index in [-0.39, 0.29) is 5.41 Å². The highest BCUT2D eigenvalue weighted by Crippen LogP contribution is 2.65. The monoisotopic (exact) mass is 290 g/mol. The summed E-state index contributed by atoms with van der Waals surface area (Å²) in [5.41, 5.74) is 0.454. The Morgan fingerprint density at radius 1 is 1.14 bits per heavy atom. The van der Waals surface area contributed by atoms with Crippen molar-refractivity contribution in [2.24, 2.45) is 22.7 Å². The lowest BCUT2D eigenvalue weighted by atomic mass is 9.44. The molecule has 1 heterocycles. The van der Waals surface area contributed by atoms with Crippen LogP contribution in [0, 0.1) is 22.7 Å². The number of carbonyl (C=O) groups is 1.